The van der Waals surface area contributed by atoms with Crippen LogP contribution in [0.25, 0.3) is 54.2 Å². The first kappa shape index (κ1) is 80.2. The molecular weight excluding hydrogens is 1370 g/mol. The molecular formula is C80H94F12N2O6P2. The molecule has 0 aliphatic carbocycles. The number of unbranched alkanes of at least 4 members (excludes halogenated alkanes) is 2. The summed E-state index contributed by atoms with van der Waals surface area (Å²) in [5, 5.41) is 9.36. The number of hydrogen-bond acceptors (Lipinski definition) is 6. The van der Waals surface area contributed by atoms with Crippen LogP contribution in [-0.4, -0.2) is 13.2 Å². The first-order valence-corrected chi connectivity index (χ1v) is 38.6. The standard InChI is InChI=1S/C64H72O6.C16H22N2.2F6P/c1-9-11-29-69-61-43-31-47(63(3,4)5)32-44(61)36-66-40-58-51-23-15-19-27-55(51)60(56-28-20-16-24-52(56)58)42-68-38-46-34-48(64(6,7)8)33-45(62(46)70-30-12-10-2)37-67-41-59-53-25-17-13-21-49(53)57(39-65-35-43)50-22-14-18-26-54(50)59;1-3-9-17-11-5-15(6-12-17)16-7-13-18(10-4-2)14-8-16;2*1-7(2,3,4,5)6/h13-28,31-34H,9-12,29-30,35-42H2,1-8H3;5-8,11-14H,3-4,9-10H2,1-2H3;;/q;+2;2*-1. The van der Waals surface area contributed by atoms with Gasteiger partial charge in [0.25, 0.3) is 0 Å². The molecule has 8 nitrogen and oxygen atoms in total. The summed E-state index contributed by atoms with van der Waals surface area (Å²) >= 11 is 0. The Labute approximate surface area is 590 Å². The first-order chi connectivity index (χ1) is 47.7. The van der Waals surface area contributed by atoms with E-state index < -0.39 is 15.6 Å². The number of hydrogen-bond donors (Lipinski definition) is 0. The average Bonchev–Trinajstić information content (AvgIpc) is 0.780. The Morgan fingerprint density at radius 2 is 0.549 bits per heavy atom. The van der Waals surface area contributed by atoms with Gasteiger partial charge in [0.2, 0.25) is 0 Å². The summed E-state index contributed by atoms with van der Waals surface area (Å²) in [7, 11) is -21.3. The fourth-order valence-corrected chi connectivity index (χ4v) is 12.2. The Kier molecular flexibility index (Phi) is 25.1. The van der Waals surface area contributed by atoms with Crippen molar-refractivity contribution in [3.8, 4) is 22.6 Å². The quantitative estimate of drug-likeness (QED) is 0.0377. The number of pyridine rings is 2. The van der Waals surface area contributed by atoms with Crippen molar-refractivity contribution in [3.05, 3.63) is 226 Å². The van der Waals surface area contributed by atoms with Crippen molar-refractivity contribution in [2.45, 2.75) is 185 Å². The third-order valence-corrected chi connectivity index (χ3v) is 17.1. The summed E-state index contributed by atoms with van der Waals surface area (Å²) in [6.45, 7) is 29.1. The van der Waals surface area contributed by atoms with E-state index in [1.807, 2.05) is 0 Å². The molecule has 0 atom stereocenters. The predicted molar refractivity (Wildman–Crippen MR) is 388 cm³/mol. The summed E-state index contributed by atoms with van der Waals surface area (Å²) in [5.74, 6) is 1.73. The second kappa shape index (κ2) is 31.9. The van der Waals surface area contributed by atoms with Crippen LogP contribution in [0.5, 0.6) is 11.5 Å². The topological polar surface area (TPSA) is 63.1 Å². The number of nitrogens with zero attached hydrogens (tertiary/aromatic N) is 2. The molecule has 0 amide bonds. The minimum atomic E-state index is -10.7. The number of aromatic nitrogens is 2. The third kappa shape index (κ3) is 24.9. The van der Waals surface area contributed by atoms with Crippen molar-refractivity contribution in [2.75, 3.05) is 13.2 Å². The Morgan fingerprint density at radius 3 is 0.735 bits per heavy atom. The van der Waals surface area contributed by atoms with Crippen molar-refractivity contribution in [1.29, 1.82) is 0 Å². The predicted octanol–water partition coefficient (Wildman–Crippen LogP) is 25.9. The fourth-order valence-electron chi connectivity index (χ4n) is 12.2. The van der Waals surface area contributed by atoms with E-state index in [1.165, 1.54) is 100 Å². The van der Waals surface area contributed by atoms with Crippen LogP contribution in [-0.2, 0) is 95.7 Å². The second-order valence-electron chi connectivity index (χ2n) is 27.8. The molecule has 1 aliphatic rings. The second-order valence-corrected chi connectivity index (χ2v) is 31.6. The normalized spacial score (nSPS) is 15.0. The summed E-state index contributed by atoms with van der Waals surface area (Å²) in [4.78, 5) is 0. The summed E-state index contributed by atoms with van der Waals surface area (Å²) in [6, 6.07) is 52.8. The minimum absolute atomic E-state index is 0.110. The number of fused-ring (bicyclic) bond motifs is 10. The molecule has 1 aliphatic heterocycles. The van der Waals surface area contributed by atoms with E-state index in [-0.39, 0.29) is 10.8 Å². The zero-order valence-corrected chi connectivity index (χ0v) is 61.5. The van der Waals surface area contributed by atoms with Crippen molar-refractivity contribution < 1.29 is 87.9 Å². The van der Waals surface area contributed by atoms with E-state index in [0.29, 0.717) is 66.1 Å². The van der Waals surface area contributed by atoms with Crippen LogP contribution in [0, 0.1) is 0 Å². The Bertz CT molecular complexity index is 3890. The Morgan fingerprint density at radius 1 is 0.333 bits per heavy atom. The molecule has 0 unspecified atom stereocenters. The summed E-state index contributed by atoms with van der Waals surface area (Å²) in [5.41, 5.74) is 13.6. The van der Waals surface area contributed by atoms with Gasteiger partial charge in [-0.05, 0) is 136 Å². The van der Waals surface area contributed by atoms with Gasteiger partial charge in [0.1, 0.15) is 24.6 Å². The number of benzene rings is 8. The van der Waals surface area contributed by atoms with Crippen molar-refractivity contribution in [1.82, 2.24) is 0 Å². The van der Waals surface area contributed by atoms with Gasteiger partial charge >= 0.3 is 66.0 Å². The maximum absolute atomic E-state index is 10.7. The molecule has 0 radical (unpaired) electrons. The van der Waals surface area contributed by atoms with E-state index in [9.17, 15) is 50.4 Å². The van der Waals surface area contributed by atoms with Crippen molar-refractivity contribution in [3.63, 3.8) is 0 Å². The molecule has 0 N–H and O–H groups in total. The molecule has 22 heteroatoms. The van der Waals surface area contributed by atoms with Crippen LogP contribution in [0.2, 0.25) is 0 Å². The Hall–Kier alpha value is -7.44. The van der Waals surface area contributed by atoms with Crippen LogP contribution < -0.4 is 18.6 Å². The molecule has 0 spiro atoms. The molecule has 0 fully saturated rings. The van der Waals surface area contributed by atoms with Crippen LogP contribution in [0.3, 0.4) is 0 Å². The van der Waals surface area contributed by atoms with Crippen LogP contribution in [0.1, 0.15) is 163 Å². The van der Waals surface area contributed by atoms with E-state index in [2.05, 4.69) is 249 Å². The molecule has 2 aromatic heterocycles. The van der Waals surface area contributed by atoms with Gasteiger partial charge in [-0.25, -0.2) is 9.13 Å². The molecule has 8 aromatic carbocycles. The molecule has 102 heavy (non-hydrogen) atoms. The van der Waals surface area contributed by atoms with Crippen LogP contribution in [0.15, 0.2) is 170 Å². The molecule has 554 valence electrons. The van der Waals surface area contributed by atoms with Gasteiger partial charge in [-0.3, -0.25) is 0 Å². The molecule has 11 rings (SSSR count). The van der Waals surface area contributed by atoms with Crippen LogP contribution in [0.4, 0.5) is 50.4 Å². The van der Waals surface area contributed by atoms with Crippen molar-refractivity contribution >= 4 is 58.7 Å². The van der Waals surface area contributed by atoms with Gasteiger partial charge in [0.15, 0.2) is 24.8 Å². The van der Waals surface area contributed by atoms with E-state index in [1.54, 1.807) is 0 Å². The van der Waals surface area contributed by atoms with Gasteiger partial charge in [-0.1, -0.05) is 179 Å². The van der Waals surface area contributed by atoms with E-state index in [0.717, 1.165) is 72.5 Å². The van der Waals surface area contributed by atoms with Crippen LogP contribution >= 0.6 is 15.6 Å². The number of rotatable bonds is 13. The molecule has 8 bridgehead atoms. The number of ether oxygens (including phenoxy) is 6. The summed E-state index contributed by atoms with van der Waals surface area (Å²) < 4.78 is 164. The first-order valence-electron chi connectivity index (χ1n) is 34.5. The van der Waals surface area contributed by atoms with Gasteiger partial charge in [0.05, 0.1) is 66.1 Å². The third-order valence-electron chi connectivity index (χ3n) is 17.1. The van der Waals surface area contributed by atoms with Gasteiger partial charge in [-0.2, -0.15) is 0 Å². The molecule has 10 aromatic rings. The molecule has 0 saturated heterocycles. The zero-order chi connectivity index (χ0) is 74.4. The van der Waals surface area contributed by atoms with Gasteiger partial charge in [-0.15, -0.1) is 0 Å². The van der Waals surface area contributed by atoms with E-state index >= 15 is 0 Å². The maximum atomic E-state index is 9.87. The van der Waals surface area contributed by atoms with E-state index in [4.69, 9.17) is 28.4 Å². The molecule has 0 saturated carbocycles. The van der Waals surface area contributed by atoms with Crippen molar-refractivity contribution in [2.24, 2.45) is 0 Å². The van der Waals surface area contributed by atoms with Gasteiger partial charge in [0, 0.05) is 59.4 Å². The monoisotopic (exact) mass is 1470 g/mol. The zero-order valence-electron chi connectivity index (χ0n) is 59.7. The SMILES string of the molecule is CCCCOc1c2cc(C(C)(C)C)cc1COCc1c3ccccc3c(c3ccccc13)COCc1cc(C(C)(C)C)cc(c1OCCCC)COCc1c3ccccc3c(c3ccccc13)COC2.CCC[n+]1ccc(-c2cc[n+](CCC)cc2)cc1.F[P-](F)(F)(F)(F)F.F[P-](F)(F)(F)(F)F. The number of halogens is 12. The Balaban J connectivity index is 0.000000338. The number of aryl methyl sites for hydroxylation is 2. The fraction of sp³-hybridized carbons (Fsp3) is 0.375. The van der Waals surface area contributed by atoms with Gasteiger partial charge < -0.3 is 28.4 Å². The molecule has 3 heterocycles. The average molecular weight is 1470 g/mol. The summed E-state index contributed by atoms with van der Waals surface area (Å²) in [6.07, 6.45) is 15.0.